The van der Waals surface area contributed by atoms with Crippen molar-refractivity contribution < 1.29 is 43.0 Å². The van der Waals surface area contributed by atoms with E-state index in [9.17, 15) is 19.2 Å². The summed E-state index contributed by atoms with van der Waals surface area (Å²) in [7, 11) is 0. The van der Waals surface area contributed by atoms with E-state index in [0.29, 0.717) is 11.7 Å². The normalized spacial score (nSPS) is 14.0. The lowest BCUT2D eigenvalue weighted by atomic mass is 10.4. The lowest BCUT2D eigenvalue weighted by molar-refractivity contribution is -0.177. The van der Waals surface area contributed by atoms with Crippen LogP contribution in [0, 0.1) is 0 Å². The monoisotopic (exact) mass is 333 g/mol. The molecule has 2 amide bonds. The van der Waals surface area contributed by atoms with Crippen LogP contribution in [0.1, 0.15) is 19.8 Å². The zero-order valence-electron chi connectivity index (χ0n) is 12.8. The van der Waals surface area contributed by atoms with Gasteiger partial charge >= 0.3 is 12.1 Å². The highest BCUT2D eigenvalue weighted by atomic mass is 16.8. The van der Waals surface area contributed by atoms with Crippen LogP contribution >= 0.6 is 0 Å². The lowest BCUT2D eigenvalue weighted by Crippen LogP contribution is -2.32. The molecule has 0 saturated carbocycles. The molecule has 0 radical (unpaired) electrons. The zero-order chi connectivity index (χ0) is 17.1. The predicted molar refractivity (Wildman–Crippen MR) is 71.8 cm³/mol. The predicted octanol–water partition coefficient (Wildman–Crippen LogP) is -0.200. The van der Waals surface area contributed by atoms with E-state index in [0.717, 1.165) is 0 Å². The molecule has 1 heterocycles. The second-order valence-corrected chi connectivity index (χ2v) is 4.34. The summed E-state index contributed by atoms with van der Waals surface area (Å²) >= 11 is 0. The Kier molecular flexibility index (Phi) is 8.62. The number of hydrogen-bond acceptors (Lipinski definition) is 9. The van der Waals surface area contributed by atoms with Gasteiger partial charge in [-0.1, -0.05) is 5.06 Å². The van der Waals surface area contributed by atoms with Crippen LogP contribution in [0.15, 0.2) is 0 Å². The molecular formula is C13H19NO9. The van der Waals surface area contributed by atoms with Crippen LogP contribution in [-0.2, 0) is 38.2 Å². The van der Waals surface area contributed by atoms with Gasteiger partial charge in [-0.15, -0.1) is 0 Å². The van der Waals surface area contributed by atoms with E-state index in [2.05, 4.69) is 14.3 Å². The van der Waals surface area contributed by atoms with E-state index in [1.54, 1.807) is 0 Å². The Morgan fingerprint density at radius 3 is 1.87 bits per heavy atom. The average molecular weight is 333 g/mol. The van der Waals surface area contributed by atoms with E-state index in [1.807, 2.05) is 0 Å². The standard InChI is InChI=1S/C13H19NO9/c1-10(15)21-8-6-19-4-5-20-7-9-22-13(18)23-14-11(16)2-3-12(14)17/h2-9H2,1H3. The van der Waals surface area contributed by atoms with E-state index in [4.69, 9.17) is 9.47 Å². The number of carbonyl (C=O) groups excluding carboxylic acids is 4. The minimum absolute atomic E-state index is 0.0205. The van der Waals surface area contributed by atoms with Crippen LogP contribution in [0.4, 0.5) is 4.79 Å². The van der Waals surface area contributed by atoms with Crippen molar-refractivity contribution in [3.8, 4) is 0 Å². The Hall–Kier alpha value is -2.20. The SMILES string of the molecule is CC(=O)OCCOCCOCCOC(=O)ON1C(=O)CCC1=O. The van der Waals surface area contributed by atoms with Gasteiger partial charge in [0, 0.05) is 19.8 Å². The van der Waals surface area contributed by atoms with E-state index >= 15 is 0 Å². The van der Waals surface area contributed by atoms with E-state index < -0.39 is 18.0 Å². The molecular weight excluding hydrogens is 314 g/mol. The second kappa shape index (κ2) is 10.5. The maximum absolute atomic E-state index is 11.2. The van der Waals surface area contributed by atoms with Crippen molar-refractivity contribution in [2.45, 2.75) is 19.8 Å². The molecule has 0 aromatic rings. The number of nitrogens with zero attached hydrogens (tertiary/aromatic N) is 1. The number of amides is 2. The van der Waals surface area contributed by atoms with Gasteiger partial charge in [0.2, 0.25) is 0 Å². The van der Waals surface area contributed by atoms with Gasteiger partial charge < -0.3 is 18.9 Å². The number of esters is 1. The van der Waals surface area contributed by atoms with Crippen LogP contribution in [0.2, 0.25) is 0 Å². The molecule has 1 rings (SSSR count). The third-order valence-corrected chi connectivity index (χ3v) is 2.52. The van der Waals surface area contributed by atoms with Gasteiger partial charge in [-0.3, -0.25) is 19.2 Å². The summed E-state index contributed by atoms with van der Waals surface area (Å²) in [5.41, 5.74) is 0. The van der Waals surface area contributed by atoms with Crippen molar-refractivity contribution >= 4 is 23.9 Å². The fourth-order valence-electron chi connectivity index (χ4n) is 1.51. The molecule has 1 aliphatic heterocycles. The second-order valence-electron chi connectivity index (χ2n) is 4.34. The maximum atomic E-state index is 11.2. The van der Waals surface area contributed by atoms with Crippen molar-refractivity contribution in [1.29, 1.82) is 0 Å². The molecule has 1 fully saturated rings. The van der Waals surface area contributed by atoms with Crippen molar-refractivity contribution in [2.24, 2.45) is 0 Å². The van der Waals surface area contributed by atoms with Gasteiger partial charge in [0.25, 0.3) is 11.8 Å². The summed E-state index contributed by atoms with van der Waals surface area (Å²) in [6.07, 6.45) is -1.10. The minimum Gasteiger partial charge on any atom is -0.463 e. The van der Waals surface area contributed by atoms with Gasteiger partial charge in [-0.05, 0) is 0 Å². The molecule has 0 aromatic heterocycles. The van der Waals surface area contributed by atoms with Crippen LogP contribution in [0.25, 0.3) is 0 Å². The largest absolute Gasteiger partial charge is 0.534 e. The lowest BCUT2D eigenvalue weighted by Gasteiger charge is -2.12. The molecule has 0 unspecified atom stereocenters. The summed E-state index contributed by atoms with van der Waals surface area (Å²) in [5, 5.41) is 0.403. The van der Waals surface area contributed by atoms with Gasteiger partial charge in [0.1, 0.15) is 13.2 Å². The van der Waals surface area contributed by atoms with Crippen LogP contribution in [0.3, 0.4) is 0 Å². The molecule has 0 aromatic carbocycles. The molecule has 10 nitrogen and oxygen atoms in total. The van der Waals surface area contributed by atoms with Crippen LogP contribution in [0.5, 0.6) is 0 Å². The first-order valence-corrected chi connectivity index (χ1v) is 7.00. The number of carbonyl (C=O) groups is 4. The molecule has 0 spiro atoms. The highest BCUT2D eigenvalue weighted by molar-refractivity contribution is 6.01. The highest BCUT2D eigenvalue weighted by Crippen LogP contribution is 2.12. The average Bonchev–Trinajstić information content (AvgIpc) is 2.80. The summed E-state index contributed by atoms with van der Waals surface area (Å²) in [6, 6.07) is 0. The fraction of sp³-hybridized carbons (Fsp3) is 0.692. The van der Waals surface area contributed by atoms with Crippen molar-refractivity contribution in [3.63, 3.8) is 0 Å². The van der Waals surface area contributed by atoms with Gasteiger partial charge in [0.05, 0.1) is 26.4 Å². The van der Waals surface area contributed by atoms with Crippen molar-refractivity contribution in [1.82, 2.24) is 5.06 Å². The maximum Gasteiger partial charge on any atom is 0.534 e. The molecule has 0 N–H and O–H groups in total. The van der Waals surface area contributed by atoms with E-state index in [1.165, 1.54) is 6.92 Å². The summed E-state index contributed by atoms with van der Waals surface area (Å²) in [4.78, 5) is 48.5. The van der Waals surface area contributed by atoms with Crippen molar-refractivity contribution in [3.05, 3.63) is 0 Å². The Bertz CT molecular complexity index is 421. The topological polar surface area (TPSA) is 118 Å². The number of imide groups is 1. The number of hydroxylamine groups is 2. The first kappa shape index (κ1) is 18.8. The molecule has 1 saturated heterocycles. The molecule has 0 atom stereocenters. The minimum atomic E-state index is -1.14. The Balaban J connectivity index is 1.92. The third-order valence-electron chi connectivity index (χ3n) is 2.52. The molecule has 0 bridgehead atoms. The van der Waals surface area contributed by atoms with Crippen LogP contribution < -0.4 is 0 Å². The summed E-state index contributed by atoms with van der Waals surface area (Å²) in [5.74, 6) is -1.52. The smallest absolute Gasteiger partial charge is 0.463 e. The number of rotatable bonds is 10. The number of hydrogen-bond donors (Lipinski definition) is 0. The van der Waals surface area contributed by atoms with Gasteiger partial charge in [0.15, 0.2) is 0 Å². The molecule has 0 aliphatic carbocycles. The zero-order valence-corrected chi connectivity index (χ0v) is 12.8. The van der Waals surface area contributed by atoms with Crippen molar-refractivity contribution in [2.75, 3.05) is 39.6 Å². The molecule has 130 valence electrons. The Morgan fingerprint density at radius 2 is 1.35 bits per heavy atom. The first-order chi connectivity index (χ1) is 11.0. The molecule has 23 heavy (non-hydrogen) atoms. The van der Waals surface area contributed by atoms with Gasteiger partial charge in [-0.25, -0.2) is 4.79 Å². The number of ether oxygens (including phenoxy) is 4. The molecule has 1 aliphatic rings. The van der Waals surface area contributed by atoms with E-state index in [-0.39, 0.29) is 51.8 Å². The summed E-state index contributed by atoms with van der Waals surface area (Å²) in [6.45, 7) is 2.32. The third kappa shape index (κ3) is 8.12. The summed E-state index contributed by atoms with van der Waals surface area (Å²) < 4.78 is 19.5. The Labute approximate surface area is 132 Å². The fourth-order valence-corrected chi connectivity index (χ4v) is 1.51. The highest BCUT2D eigenvalue weighted by Gasteiger charge is 2.33. The Morgan fingerprint density at radius 1 is 0.870 bits per heavy atom. The van der Waals surface area contributed by atoms with Crippen LogP contribution in [-0.4, -0.2) is 68.6 Å². The molecule has 10 heteroatoms. The van der Waals surface area contributed by atoms with Gasteiger partial charge in [-0.2, -0.15) is 0 Å². The quantitative estimate of drug-likeness (QED) is 0.304. The first-order valence-electron chi connectivity index (χ1n) is 7.00.